The van der Waals surface area contributed by atoms with Crippen LogP contribution in [0.2, 0.25) is 0 Å². The number of fused-ring (bicyclic) bond motifs is 2. The van der Waals surface area contributed by atoms with E-state index in [-0.39, 0.29) is 59.9 Å². The Labute approximate surface area is 244 Å². The van der Waals surface area contributed by atoms with E-state index in [1.807, 2.05) is 12.1 Å². The van der Waals surface area contributed by atoms with E-state index in [0.717, 1.165) is 4.90 Å². The lowest BCUT2D eigenvalue weighted by atomic mass is 9.81. The maximum absolute atomic E-state index is 13.0. The number of ether oxygens (including phenoxy) is 2. The summed E-state index contributed by atoms with van der Waals surface area (Å²) in [5.41, 5.74) is 4.45. The Morgan fingerprint density at radius 3 is 2.81 bits per heavy atom. The molecule has 2 amide bonds. The number of rotatable bonds is 10. The Bertz CT molecular complexity index is 1540. The van der Waals surface area contributed by atoms with Gasteiger partial charge in [-0.1, -0.05) is 0 Å². The largest absolute Gasteiger partial charge is 0.481 e. The molecule has 3 aromatic heterocycles. The first kappa shape index (κ1) is 29.6. The molecule has 14 nitrogen and oxygen atoms in total. The number of carbonyl (C=O) groups excluding carboxylic acids is 2. The number of amides is 2. The molecule has 222 valence electrons. The zero-order valence-electron chi connectivity index (χ0n) is 22.6. The van der Waals surface area contributed by atoms with Crippen molar-refractivity contribution in [3.05, 3.63) is 47.3 Å². The van der Waals surface area contributed by atoms with E-state index in [9.17, 15) is 29.7 Å². The average Bonchev–Trinajstić information content (AvgIpc) is 2.98. The fourth-order valence-electron chi connectivity index (χ4n) is 5.18. The maximum atomic E-state index is 13.0. The summed E-state index contributed by atoms with van der Waals surface area (Å²) in [6.45, 7) is -0.296. The van der Waals surface area contributed by atoms with E-state index < -0.39 is 42.3 Å². The molecule has 0 bridgehead atoms. The highest BCUT2D eigenvalue weighted by Gasteiger charge is 2.50. The zero-order chi connectivity index (χ0) is 30.0. The maximum Gasteiger partial charge on any atom is 0.340 e. The van der Waals surface area contributed by atoms with Crippen molar-refractivity contribution in [2.45, 2.75) is 54.6 Å². The minimum Gasteiger partial charge on any atom is -0.481 e. The van der Waals surface area contributed by atoms with Gasteiger partial charge < -0.3 is 41.2 Å². The molecule has 5 heterocycles. The third kappa shape index (κ3) is 5.87. The summed E-state index contributed by atoms with van der Waals surface area (Å²) in [7, 11) is 1.41. The number of hydrogen-bond acceptors (Lipinski definition) is 12. The molecule has 4 atom stereocenters. The molecule has 0 radical (unpaired) electrons. The molecule has 0 spiro atoms. The molecular weight excluding hydrogens is 568 g/mol. The normalized spacial score (nSPS) is 22.7. The molecule has 0 aliphatic carbocycles. The minimum atomic E-state index is -1.99. The predicted octanol–water partition coefficient (Wildman–Crippen LogP) is 0.537. The number of carboxylic acid groups (broad SMARTS) is 1. The van der Waals surface area contributed by atoms with Crippen LogP contribution in [0.25, 0.3) is 11.0 Å². The molecule has 7 N–H and O–H groups in total. The van der Waals surface area contributed by atoms with Gasteiger partial charge in [0.1, 0.15) is 11.5 Å². The smallest absolute Gasteiger partial charge is 0.340 e. The Morgan fingerprint density at radius 2 is 2.10 bits per heavy atom. The molecule has 3 aromatic rings. The first-order chi connectivity index (χ1) is 20.1. The fraction of sp³-hybridized carbons (Fsp3) is 0.407. The van der Waals surface area contributed by atoms with Gasteiger partial charge in [0.15, 0.2) is 5.60 Å². The molecule has 0 aromatic carbocycles. The van der Waals surface area contributed by atoms with Crippen LogP contribution in [0.15, 0.2) is 35.2 Å². The average molecular weight is 599 g/mol. The third-order valence-corrected chi connectivity index (χ3v) is 8.32. The highest BCUT2D eigenvalue weighted by Crippen LogP contribution is 2.42. The van der Waals surface area contributed by atoms with Crippen molar-refractivity contribution >= 4 is 46.4 Å². The summed E-state index contributed by atoms with van der Waals surface area (Å²) in [6.07, 6.45) is -1.93. The van der Waals surface area contributed by atoms with Gasteiger partial charge in [-0.3, -0.25) is 9.59 Å². The topological polar surface area (TPSA) is 219 Å². The number of aliphatic hydroxyl groups is 2. The van der Waals surface area contributed by atoms with Gasteiger partial charge in [-0.25, -0.2) is 19.7 Å². The number of carboxylic acids is 1. The van der Waals surface area contributed by atoms with Crippen molar-refractivity contribution in [3.63, 3.8) is 0 Å². The van der Waals surface area contributed by atoms with Crippen molar-refractivity contribution in [1.82, 2.24) is 20.3 Å². The second-order valence-electron chi connectivity index (χ2n) is 10.0. The van der Waals surface area contributed by atoms with Crippen LogP contribution in [0.3, 0.4) is 0 Å². The van der Waals surface area contributed by atoms with E-state index in [0.29, 0.717) is 17.3 Å². The van der Waals surface area contributed by atoms with Gasteiger partial charge in [0, 0.05) is 30.6 Å². The third-order valence-electron chi connectivity index (χ3n) is 7.27. The molecule has 1 fully saturated rings. The number of hydrogen-bond donors (Lipinski definition) is 6. The van der Waals surface area contributed by atoms with E-state index in [4.69, 9.17) is 15.2 Å². The van der Waals surface area contributed by atoms with Crippen LogP contribution in [0.5, 0.6) is 5.88 Å². The Kier molecular flexibility index (Phi) is 8.56. The SMILES string of the molecule is COc1ccc2nc(C(N)=O)cc([C@]3(C(=O)O)CC[C@@H](NCc4ccc5c(n4)NC(=O)CS5)[C@@H](C[C@H](O)CO)O3)c2n1. The van der Waals surface area contributed by atoms with E-state index in [1.165, 1.54) is 31.0 Å². The van der Waals surface area contributed by atoms with Gasteiger partial charge in [-0.15, -0.1) is 11.8 Å². The van der Waals surface area contributed by atoms with Gasteiger partial charge >= 0.3 is 5.97 Å². The van der Waals surface area contributed by atoms with Gasteiger partial charge in [0.25, 0.3) is 5.91 Å². The van der Waals surface area contributed by atoms with Crippen LogP contribution in [0.4, 0.5) is 5.82 Å². The Balaban J connectivity index is 1.49. The number of nitrogens with one attached hydrogen (secondary N) is 2. The number of anilines is 1. The zero-order valence-corrected chi connectivity index (χ0v) is 23.4. The second kappa shape index (κ2) is 12.1. The van der Waals surface area contributed by atoms with Crippen LogP contribution >= 0.6 is 11.8 Å². The van der Waals surface area contributed by atoms with Crippen LogP contribution in [0, 0.1) is 0 Å². The highest BCUT2D eigenvalue weighted by atomic mass is 32.2. The lowest BCUT2D eigenvalue weighted by Gasteiger charge is -2.43. The quantitative estimate of drug-likeness (QED) is 0.188. The summed E-state index contributed by atoms with van der Waals surface area (Å²) in [5.74, 6) is -1.32. The summed E-state index contributed by atoms with van der Waals surface area (Å²) in [6, 6.07) is 7.58. The molecular formula is C27H30N6O8S. The first-order valence-electron chi connectivity index (χ1n) is 13.2. The van der Waals surface area contributed by atoms with Crippen molar-refractivity contribution in [2.24, 2.45) is 5.73 Å². The van der Waals surface area contributed by atoms with E-state index in [1.54, 1.807) is 6.07 Å². The number of aromatic nitrogens is 3. The fourth-order valence-corrected chi connectivity index (χ4v) is 5.94. The number of primary amides is 1. The van der Waals surface area contributed by atoms with Gasteiger partial charge in [-0.05, 0) is 37.1 Å². The summed E-state index contributed by atoms with van der Waals surface area (Å²) >= 11 is 1.40. The van der Waals surface area contributed by atoms with Crippen LogP contribution in [-0.2, 0) is 26.5 Å². The van der Waals surface area contributed by atoms with Crippen molar-refractivity contribution in [1.29, 1.82) is 0 Å². The van der Waals surface area contributed by atoms with Crippen LogP contribution in [0.1, 0.15) is 41.0 Å². The number of aliphatic carboxylic acids is 1. The summed E-state index contributed by atoms with van der Waals surface area (Å²) in [4.78, 5) is 50.9. The molecule has 1 saturated heterocycles. The molecule has 2 aliphatic heterocycles. The standard InChI is InChI=1S/C27H30N6O8S/c1-40-22-5-3-17-23(33-22)15(9-18(31-17)24(28)37)27(26(38)39)7-6-16(19(41-27)8-14(35)11-34)29-10-13-2-4-20-25(30-13)32-21(36)12-42-20/h2-5,9,14,16,19,29,34-35H,6-8,10-12H2,1H3,(H2,28,37)(H,38,39)(H,30,32,36)/t14-,16+,19+,27-/m0/s1. The number of nitrogens with zero attached hydrogens (tertiary/aromatic N) is 3. The predicted molar refractivity (Wildman–Crippen MR) is 150 cm³/mol. The van der Waals surface area contributed by atoms with E-state index >= 15 is 0 Å². The number of aliphatic hydroxyl groups excluding tert-OH is 2. The second-order valence-corrected chi connectivity index (χ2v) is 11.0. The molecule has 15 heteroatoms. The molecule has 0 unspecified atom stereocenters. The highest BCUT2D eigenvalue weighted by molar-refractivity contribution is 8.00. The summed E-state index contributed by atoms with van der Waals surface area (Å²) in [5, 5.41) is 36.6. The van der Waals surface area contributed by atoms with Crippen molar-refractivity contribution < 1.29 is 39.2 Å². The van der Waals surface area contributed by atoms with Crippen molar-refractivity contribution in [2.75, 3.05) is 24.8 Å². The van der Waals surface area contributed by atoms with Gasteiger partial charge in [0.2, 0.25) is 11.8 Å². The Hall–Kier alpha value is -3.89. The number of methoxy groups -OCH3 is 1. The molecule has 2 aliphatic rings. The van der Waals surface area contributed by atoms with Gasteiger partial charge in [-0.2, -0.15) is 0 Å². The minimum absolute atomic E-state index is 0.0355. The number of nitrogens with two attached hydrogens (primary N) is 1. The van der Waals surface area contributed by atoms with Crippen LogP contribution < -0.4 is 21.1 Å². The molecule has 42 heavy (non-hydrogen) atoms. The molecule has 5 rings (SSSR count). The van der Waals surface area contributed by atoms with Gasteiger partial charge in [0.05, 0.1) is 53.3 Å². The lowest BCUT2D eigenvalue weighted by molar-refractivity contribution is -0.195. The number of carbonyl (C=O) groups is 3. The first-order valence-corrected chi connectivity index (χ1v) is 14.1. The molecule has 0 saturated carbocycles. The van der Waals surface area contributed by atoms with E-state index in [2.05, 4.69) is 25.6 Å². The summed E-state index contributed by atoms with van der Waals surface area (Å²) < 4.78 is 11.6. The number of thioether (sulfide) groups is 1. The number of pyridine rings is 3. The Morgan fingerprint density at radius 1 is 1.29 bits per heavy atom. The monoisotopic (exact) mass is 598 g/mol. The lowest BCUT2D eigenvalue weighted by Crippen LogP contribution is -2.55. The van der Waals surface area contributed by atoms with Crippen LogP contribution in [-0.4, -0.2) is 85.8 Å². The van der Waals surface area contributed by atoms with Crippen molar-refractivity contribution in [3.8, 4) is 5.88 Å².